The van der Waals surface area contributed by atoms with E-state index in [0.717, 1.165) is 18.5 Å². The quantitative estimate of drug-likeness (QED) is 0.734. The number of phenolic OH excluding ortho intramolecular Hbond substituents is 1. The lowest BCUT2D eigenvalue weighted by atomic mass is 10.0. The van der Waals surface area contributed by atoms with Crippen molar-refractivity contribution >= 4 is 23.7 Å². The Kier molecular flexibility index (Phi) is 5.29. The lowest BCUT2D eigenvalue weighted by Gasteiger charge is -2.32. The molecule has 0 bridgehead atoms. The number of aromatic amines is 1. The van der Waals surface area contributed by atoms with Crippen LogP contribution in [-0.4, -0.2) is 49.2 Å². The normalized spacial score (nSPS) is 18.0. The van der Waals surface area contributed by atoms with Crippen LogP contribution in [0.15, 0.2) is 35.3 Å². The van der Waals surface area contributed by atoms with E-state index in [-0.39, 0.29) is 23.8 Å². The number of nitrogens with one attached hydrogen (secondary N) is 1. The van der Waals surface area contributed by atoms with Crippen molar-refractivity contribution in [3.05, 3.63) is 40.9 Å². The third kappa shape index (κ3) is 3.45. The van der Waals surface area contributed by atoms with Gasteiger partial charge in [0.1, 0.15) is 5.75 Å². The second-order valence-corrected chi connectivity index (χ2v) is 6.65. The predicted molar refractivity (Wildman–Crippen MR) is 103 cm³/mol. The zero-order valence-corrected chi connectivity index (χ0v) is 15.4. The Balaban J connectivity index is 0.00000196. The van der Waals surface area contributed by atoms with Crippen molar-refractivity contribution in [3.63, 3.8) is 0 Å². The van der Waals surface area contributed by atoms with Gasteiger partial charge in [0.15, 0.2) is 11.3 Å². The van der Waals surface area contributed by atoms with Crippen molar-refractivity contribution in [1.29, 1.82) is 0 Å². The van der Waals surface area contributed by atoms with E-state index in [1.54, 1.807) is 35.0 Å². The minimum absolute atomic E-state index is 0. The van der Waals surface area contributed by atoms with Crippen molar-refractivity contribution in [2.45, 2.75) is 31.8 Å². The molecule has 2 aromatic heterocycles. The summed E-state index contributed by atoms with van der Waals surface area (Å²) in [6.07, 6.45) is 5.12. The maximum atomic E-state index is 12.4. The smallest absolute Gasteiger partial charge is 0.328 e. The molecule has 138 valence electrons. The van der Waals surface area contributed by atoms with E-state index in [9.17, 15) is 9.90 Å². The molecule has 26 heavy (non-hydrogen) atoms. The Morgan fingerprint density at radius 2 is 2.04 bits per heavy atom. The molecule has 0 amide bonds. The fourth-order valence-corrected chi connectivity index (χ4v) is 3.45. The summed E-state index contributed by atoms with van der Waals surface area (Å²) in [5.74, 6) is 0.205. The number of halogens is 1. The monoisotopic (exact) mass is 375 g/mol. The molecule has 0 radical (unpaired) electrons. The molecule has 8 heteroatoms. The van der Waals surface area contributed by atoms with E-state index in [1.165, 1.54) is 12.8 Å². The van der Waals surface area contributed by atoms with Gasteiger partial charge in [-0.1, -0.05) is 6.42 Å². The molecule has 1 saturated heterocycles. The third-order valence-corrected chi connectivity index (χ3v) is 4.96. The van der Waals surface area contributed by atoms with Crippen LogP contribution < -0.4 is 5.69 Å². The van der Waals surface area contributed by atoms with Gasteiger partial charge in [-0.15, -0.1) is 12.4 Å². The lowest BCUT2D eigenvalue weighted by Crippen LogP contribution is -2.40. The van der Waals surface area contributed by atoms with Gasteiger partial charge in [-0.05, 0) is 50.7 Å². The van der Waals surface area contributed by atoms with Gasteiger partial charge in [0.2, 0.25) is 0 Å². The van der Waals surface area contributed by atoms with Crippen LogP contribution in [0.5, 0.6) is 5.75 Å². The van der Waals surface area contributed by atoms with E-state index in [1.807, 2.05) is 0 Å². The Labute approximate surface area is 157 Å². The van der Waals surface area contributed by atoms with Crippen LogP contribution >= 0.6 is 12.4 Å². The fraction of sp³-hybridized carbons (Fsp3) is 0.389. The van der Waals surface area contributed by atoms with Gasteiger partial charge in [-0.3, -0.25) is 9.55 Å². The Morgan fingerprint density at radius 1 is 1.27 bits per heavy atom. The maximum absolute atomic E-state index is 12.4. The molecule has 3 heterocycles. The molecule has 1 aliphatic heterocycles. The van der Waals surface area contributed by atoms with Crippen LogP contribution in [0, 0.1) is 0 Å². The van der Waals surface area contributed by atoms with Crippen molar-refractivity contribution in [1.82, 2.24) is 24.4 Å². The topological polar surface area (TPSA) is 87.0 Å². The molecule has 0 aliphatic carbocycles. The summed E-state index contributed by atoms with van der Waals surface area (Å²) in [5, 5.41) is 9.44. The Bertz CT molecular complexity index is 950. The minimum Gasteiger partial charge on any atom is -0.508 e. The van der Waals surface area contributed by atoms with Gasteiger partial charge in [0, 0.05) is 18.2 Å². The van der Waals surface area contributed by atoms with Crippen LogP contribution in [0.25, 0.3) is 22.6 Å². The van der Waals surface area contributed by atoms with Gasteiger partial charge in [-0.25, -0.2) is 14.8 Å². The molecule has 1 fully saturated rings. The van der Waals surface area contributed by atoms with Crippen molar-refractivity contribution in [2.75, 3.05) is 13.6 Å². The number of benzene rings is 1. The summed E-state index contributed by atoms with van der Waals surface area (Å²) in [7, 11) is 2.11. The van der Waals surface area contributed by atoms with Crippen LogP contribution in [0.3, 0.4) is 0 Å². The van der Waals surface area contributed by atoms with E-state index >= 15 is 0 Å². The molecule has 4 rings (SSSR count). The highest BCUT2D eigenvalue weighted by Crippen LogP contribution is 2.22. The number of nitrogens with zero attached hydrogens (tertiary/aromatic N) is 4. The average Bonchev–Trinajstić information content (AvgIpc) is 2.92. The number of aromatic nitrogens is 4. The van der Waals surface area contributed by atoms with E-state index in [0.29, 0.717) is 29.6 Å². The molecule has 7 nitrogen and oxygen atoms in total. The van der Waals surface area contributed by atoms with Gasteiger partial charge >= 0.3 is 5.69 Å². The van der Waals surface area contributed by atoms with E-state index < -0.39 is 0 Å². The SMILES string of the molecule is CN1CCCCC1Cn1c(=O)[nH]c2ncc(-c3ccc(O)cc3)nc21.Cl. The largest absolute Gasteiger partial charge is 0.508 e. The first-order valence-corrected chi connectivity index (χ1v) is 8.57. The molecule has 1 aromatic carbocycles. The highest BCUT2D eigenvalue weighted by molar-refractivity contribution is 5.85. The first kappa shape index (κ1) is 18.4. The number of hydrogen-bond acceptors (Lipinski definition) is 5. The number of hydrogen-bond donors (Lipinski definition) is 2. The van der Waals surface area contributed by atoms with Gasteiger partial charge in [0.25, 0.3) is 0 Å². The average molecular weight is 376 g/mol. The number of likely N-dealkylation sites (tertiary alicyclic amines) is 1. The Morgan fingerprint density at radius 3 is 2.77 bits per heavy atom. The number of fused-ring (bicyclic) bond motifs is 1. The Hall–Kier alpha value is -2.38. The van der Waals surface area contributed by atoms with Crippen molar-refractivity contribution in [2.24, 2.45) is 0 Å². The zero-order valence-electron chi connectivity index (χ0n) is 14.6. The number of phenols is 1. The van der Waals surface area contributed by atoms with Crippen LogP contribution in [0.4, 0.5) is 0 Å². The molecular weight excluding hydrogens is 354 g/mol. The van der Waals surface area contributed by atoms with E-state index in [4.69, 9.17) is 0 Å². The zero-order chi connectivity index (χ0) is 17.4. The van der Waals surface area contributed by atoms with Crippen LogP contribution in [0.1, 0.15) is 19.3 Å². The predicted octanol–water partition coefficient (Wildman–Crippen LogP) is 2.40. The molecule has 1 aliphatic rings. The summed E-state index contributed by atoms with van der Waals surface area (Å²) in [4.78, 5) is 26.5. The number of H-pyrrole nitrogens is 1. The van der Waals surface area contributed by atoms with Gasteiger partial charge in [-0.2, -0.15) is 0 Å². The molecule has 0 saturated carbocycles. The number of imidazole rings is 1. The first-order chi connectivity index (χ1) is 12.1. The van der Waals surface area contributed by atoms with E-state index in [2.05, 4.69) is 26.9 Å². The third-order valence-electron chi connectivity index (χ3n) is 4.96. The molecule has 1 unspecified atom stereocenters. The number of aromatic hydroxyl groups is 1. The number of rotatable bonds is 3. The molecule has 1 atom stereocenters. The highest BCUT2D eigenvalue weighted by Gasteiger charge is 2.22. The first-order valence-electron chi connectivity index (χ1n) is 8.57. The summed E-state index contributed by atoms with van der Waals surface area (Å²) < 4.78 is 1.69. The second-order valence-electron chi connectivity index (χ2n) is 6.65. The maximum Gasteiger partial charge on any atom is 0.328 e. The molecule has 3 aromatic rings. The number of likely N-dealkylation sites (N-methyl/N-ethyl adjacent to an activating group) is 1. The fourth-order valence-electron chi connectivity index (χ4n) is 3.45. The minimum atomic E-state index is -0.170. The molecule has 2 N–H and O–H groups in total. The summed E-state index contributed by atoms with van der Waals surface area (Å²) >= 11 is 0. The second kappa shape index (κ2) is 7.47. The lowest BCUT2D eigenvalue weighted by molar-refractivity contribution is 0.167. The molecular formula is C18H22ClN5O2. The summed E-state index contributed by atoms with van der Waals surface area (Å²) in [6.45, 7) is 1.68. The van der Waals surface area contributed by atoms with Crippen molar-refractivity contribution in [3.8, 4) is 17.0 Å². The van der Waals surface area contributed by atoms with Crippen LogP contribution in [-0.2, 0) is 6.54 Å². The van der Waals surface area contributed by atoms with Crippen molar-refractivity contribution < 1.29 is 5.11 Å². The number of piperidine rings is 1. The highest BCUT2D eigenvalue weighted by atomic mass is 35.5. The van der Waals surface area contributed by atoms with Crippen LogP contribution in [0.2, 0.25) is 0 Å². The molecule has 0 spiro atoms. The van der Waals surface area contributed by atoms with Gasteiger partial charge < -0.3 is 10.0 Å². The summed E-state index contributed by atoms with van der Waals surface area (Å²) in [6, 6.07) is 7.14. The standard InChI is InChI=1S/C18H21N5O2.ClH/c1-22-9-3-2-4-13(22)11-23-17-16(21-18(23)25)19-10-15(20-17)12-5-7-14(24)8-6-12;/h5-8,10,13,24H,2-4,9,11H2,1H3,(H,19,21,25);1H. The summed E-state index contributed by atoms with van der Waals surface area (Å²) in [5.41, 5.74) is 2.44. The van der Waals surface area contributed by atoms with Gasteiger partial charge in [0.05, 0.1) is 11.9 Å².